The number of benzene rings is 2. The molecule has 9 nitrogen and oxygen atoms in total. The molecule has 0 saturated carbocycles. The molecule has 0 unspecified atom stereocenters. The molecular weight excluding hydrogens is 447 g/mol. The zero-order valence-electron chi connectivity index (χ0n) is 17.4. The van der Waals surface area contributed by atoms with Crippen LogP contribution in [0.5, 0.6) is 5.75 Å². The number of methoxy groups -OCH3 is 1. The minimum atomic E-state index is -0.688. The summed E-state index contributed by atoms with van der Waals surface area (Å²) in [5.74, 6) is -0.560. The molecule has 2 amide bonds. The van der Waals surface area contributed by atoms with Crippen LogP contribution >= 0.6 is 11.3 Å². The lowest BCUT2D eigenvalue weighted by atomic mass is 10.3. The summed E-state index contributed by atoms with van der Waals surface area (Å²) in [5, 5.41) is 9.06. The molecule has 0 atom stereocenters. The Morgan fingerprint density at radius 2 is 1.82 bits per heavy atom. The van der Waals surface area contributed by atoms with Gasteiger partial charge in [0.1, 0.15) is 11.6 Å². The van der Waals surface area contributed by atoms with Gasteiger partial charge in [-0.3, -0.25) is 20.4 Å². The molecule has 0 aliphatic heterocycles. The third-order valence-corrected chi connectivity index (χ3v) is 5.35. The van der Waals surface area contributed by atoms with Crippen molar-refractivity contribution in [1.29, 1.82) is 0 Å². The van der Waals surface area contributed by atoms with Crippen LogP contribution in [0, 0.1) is 5.82 Å². The van der Waals surface area contributed by atoms with Gasteiger partial charge in [0.15, 0.2) is 5.82 Å². The molecule has 0 aliphatic carbocycles. The number of rotatable bonds is 7. The monoisotopic (exact) mass is 466 g/mol. The van der Waals surface area contributed by atoms with Crippen LogP contribution in [0.2, 0.25) is 0 Å². The minimum Gasteiger partial charge on any atom is -0.497 e. The summed E-state index contributed by atoms with van der Waals surface area (Å²) in [5.41, 5.74) is 5.89. The van der Waals surface area contributed by atoms with E-state index in [9.17, 15) is 14.0 Å². The quantitative estimate of drug-likeness (QED) is 0.361. The number of hydrazine groups is 1. The van der Waals surface area contributed by atoms with Crippen LogP contribution in [0.15, 0.2) is 66.0 Å². The van der Waals surface area contributed by atoms with E-state index in [2.05, 4.69) is 26.3 Å². The highest BCUT2D eigenvalue weighted by Crippen LogP contribution is 2.25. The zero-order valence-corrected chi connectivity index (χ0v) is 18.2. The summed E-state index contributed by atoms with van der Waals surface area (Å²) >= 11 is 1.42. The number of hydrogen-bond acceptors (Lipinski definition) is 7. The van der Waals surface area contributed by atoms with Crippen molar-refractivity contribution in [1.82, 2.24) is 25.6 Å². The second-order valence-corrected chi connectivity index (χ2v) is 7.66. The number of hydrogen-bond donors (Lipinski definition) is 3. The van der Waals surface area contributed by atoms with E-state index in [-0.39, 0.29) is 18.2 Å². The van der Waals surface area contributed by atoms with Crippen molar-refractivity contribution in [3.05, 3.63) is 77.7 Å². The lowest BCUT2D eigenvalue weighted by Gasteiger charge is -2.08. The summed E-state index contributed by atoms with van der Waals surface area (Å²) in [4.78, 5) is 29.7. The maximum atomic E-state index is 13.3. The van der Waals surface area contributed by atoms with Crippen LogP contribution in [-0.2, 0) is 4.79 Å². The van der Waals surface area contributed by atoms with Gasteiger partial charge in [-0.25, -0.2) is 14.1 Å². The van der Waals surface area contributed by atoms with Crippen LogP contribution in [0.1, 0.15) is 10.6 Å². The first-order valence-electron chi connectivity index (χ1n) is 9.77. The third-order valence-electron chi connectivity index (χ3n) is 4.48. The Hall–Kier alpha value is -4.25. The Bertz CT molecular complexity index is 1240. The van der Waals surface area contributed by atoms with Crippen LogP contribution < -0.4 is 20.9 Å². The predicted octanol–water partition coefficient (Wildman–Crippen LogP) is 3.02. The lowest BCUT2D eigenvalue weighted by Crippen LogP contribution is -2.44. The molecule has 3 N–H and O–H groups in total. The van der Waals surface area contributed by atoms with Crippen molar-refractivity contribution in [3.8, 4) is 22.1 Å². The van der Waals surface area contributed by atoms with E-state index in [4.69, 9.17) is 4.74 Å². The van der Waals surface area contributed by atoms with Gasteiger partial charge >= 0.3 is 5.91 Å². The highest BCUT2D eigenvalue weighted by molar-refractivity contribution is 7.13. The Labute approximate surface area is 192 Å². The molecule has 0 radical (unpaired) electrons. The summed E-state index contributed by atoms with van der Waals surface area (Å²) in [6, 6.07) is 16.4. The van der Waals surface area contributed by atoms with Crippen molar-refractivity contribution >= 4 is 28.8 Å². The number of anilines is 1. The van der Waals surface area contributed by atoms with Gasteiger partial charge in [-0.15, -0.1) is 16.4 Å². The molecule has 33 heavy (non-hydrogen) atoms. The van der Waals surface area contributed by atoms with Crippen molar-refractivity contribution in [2.75, 3.05) is 19.0 Å². The molecule has 0 saturated heterocycles. The smallest absolute Gasteiger partial charge is 0.309 e. The summed E-state index contributed by atoms with van der Waals surface area (Å²) in [6.07, 6.45) is 0. The molecule has 2 aromatic heterocycles. The van der Waals surface area contributed by atoms with Gasteiger partial charge in [0, 0.05) is 5.69 Å². The Balaban J connectivity index is 1.41. The van der Waals surface area contributed by atoms with Crippen molar-refractivity contribution < 1.29 is 18.7 Å². The van der Waals surface area contributed by atoms with Gasteiger partial charge in [-0.1, -0.05) is 6.07 Å². The van der Waals surface area contributed by atoms with Gasteiger partial charge in [-0.05, 0) is 60.0 Å². The Morgan fingerprint density at radius 1 is 1.06 bits per heavy atom. The Kier molecular flexibility index (Phi) is 6.60. The fourth-order valence-electron chi connectivity index (χ4n) is 2.85. The Morgan fingerprint density at radius 3 is 2.48 bits per heavy atom. The number of halogens is 1. The van der Waals surface area contributed by atoms with Crippen LogP contribution in [-0.4, -0.2) is 40.2 Å². The average Bonchev–Trinajstić information content (AvgIpc) is 3.52. The largest absolute Gasteiger partial charge is 0.497 e. The zero-order chi connectivity index (χ0) is 23.2. The molecule has 4 aromatic rings. The summed E-state index contributed by atoms with van der Waals surface area (Å²) < 4.78 is 19.9. The standard InChI is InChI=1S/C22H19FN6O3S/c1-32-17-10-6-15(7-11-17)24-13-19(30)26-27-22(31)20-25-21(18-3-2-12-33-18)29(28-20)16-8-4-14(23)5-9-16/h2-12,24H,13H2,1H3,(H,26,30)(H,27,31). The van der Waals surface area contributed by atoms with Gasteiger partial charge in [-0.2, -0.15) is 0 Å². The van der Waals surface area contributed by atoms with Gasteiger partial charge in [0.25, 0.3) is 5.91 Å². The number of ether oxygens (including phenoxy) is 1. The second-order valence-electron chi connectivity index (χ2n) is 6.71. The maximum Gasteiger partial charge on any atom is 0.309 e. The van der Waals surface area contributed by atoms with E-state index >= 15 is 0 Å². The first-order valence-corrected chi connectivity index (χ1v) is 10.7. The third kappa shape index (κ3) is 5.33. The number of thiophene rings is 1. The molecule has 11 heteroatoms. The number of carbonyl (C=O) groups excluding carboxylic acids is 2. The number of amides is 2. The molecule has 0 aliphatic rings. The molecule has 2 heterocycles. The van der Waals surface area contributed by atoms with Crippen molar-refractivity contribution in [3.63, 3.8) is 0 Å². The SMILES string of the molecule is COc1ccc(NCC(=O)NNC(=O)c2nc(-c3cccs3)n(-c3ccc(F)cc3)n2)cc1. The summed E-state index contributed by atoms with van der Waals surface area (Å²) in [7, 11) is 1.57. The van der Waals surface area contributed by atoms with Gasteiger partial charge in [0.05, 0.1) is 24.2 Å². The summed E-state index contributed by atoms with van der Waals surface area (Å²) in [6.45, 7) is -0.0650. The highest BCUT2D eigenvalue weighted by Gasteiger charge is 2.20. The van der Waals surface area contributed by atoms with Gasteiger partial charge in [0.2, 0.25) is 5.82 Å². The van der Waals surface area contributed by atoms with E-state index in [1.165, 1.54) is 40.3 Å². The highest BCUT2D eigenvalue weighted by atomic mass is 32.1. The van der Waals surface area contributed by atoms with Crippen molar-refractivity contribution in [2.45, 2.75) is 0 Å². The molecule has 2 aromatic carbocycles. The van der Waals surface area contributed by atoms with Crippen molar-refractivity contribution in [2.24, 2.45) is 0 Å². The van der Waals surface area contributed by atoms with Crippen LogP contribution in [0.4, 0.5) is 10.1 Å². The second kappa shape index (κ2) is 9.92. The number of nitrogens with zero attached hydrogens (tertiary/aromatic N) is 3. The fraction of sp³-hybridized carbons (Fsp3) is 0.0909. The molecule has 0 bridgehead atoms. The molecule has 0 spiro atoms. The number of nitrogens with one attached hydrogen (secondary N) is 3. The molecule has 4 rings (SSSR count). The lowest BCUT2D eigenvalue weighted by molar-refractivity contribution is -0.120. The first-order chi connectivity index (χ1) is 16.0. The molecular formula is C22H19FN6O3S. The van der Waals surface area contributed by atoms with E-state index in [1.807, 2.05) is 17.5 Å². The van der Waals surface area contributed by atoms with Crippen LogP contribution in [0.25, 0.3) is 16.4 Å². The van der Waals surface area contributed by atoms with E-state index in [1.54, 1.807) is 31.4 Å². The molecule has 0 fully saturated rings. The predicted molar refractivity (Wildman–Crippen MR) is 122 cm³/mol. The topological polar surface area (TPSA) is 110 Å². The van der Waals surface area contributed by atoms with Crippen LogP contribution in [0.3, 0.4) is 0 Å². The number of aromatic nitrogens is 3. The fourth-order valence-corrected chi connectivity index (χ4v) is 3.55. The maximum absolute atomic E-state index is 13.3. The normalized spacial score (nSPS) is 10.5. The van der Waals surface area contributed by atoms with E-state index in [0.717, 1.165) is 10.6 Å². The molecule has 168 valence electrons. The van der Waals surface area contributed by atoms with E-state index in [0.29, 0.717) is 17.3 Å². The first kappa shape index (κ1) is 22.0. The van der Waals surface area contributed by atoms with Gasteiger partial charge < -0.3 is 10.1 Å². The number of carbonyl (C=O) groups is 2. The minimum absolute atomic E-state index is 0.0650. The van der Waals surface area contributed by atoms with E-state index < -0.39 is 11.8 Å². The average molecular weight is 466 g/mol.